The molecule has 0 bridgehead atoms. The highest BCUT2D eigenvalue weighted by molar-refractivity contribution is 7.20. The van der Waals surface area contributed by atoms with Crippen molar-refractivity contribution in [2.75, 3.05) is 19.5 Å². The second kappa shape index (κ2) is 8.33. The van der Waals surface area contributed by atoms with E-state index in [2.05, 4.69) is 5.32 Å². The molecule has 0 unspecified atom stereocenters. The number of nitrogens with two attached hydrogens (primary N) is 1. The zero-order valence-corrected chi connectivity index (χ0v) is 16.7. The van der Waals surface area contributed by atoms with Crippen LogP contribution in [0, 0.1) is 0 Å². The van der Waals surface area contributed by atoms with Gasteiger partial charge in [-0.1, -0.05) is 29.8 Å². The predicted molar refractivity (Wildman–Crippen MR) is 113 cm³/mol. The third kappa shape index (κ3) is 3.95. The average Bonchev–Trinajstić information content (AvgIpc) is 3.01. The van der Waals surface area contributed by atoms with Gasteiger partial charge in [0, 0.05) is 27.1 Å². The number of carbonyl (C=O) groups excluding carboxylic acids is 2. The molecule has 2 amide bonds. The fourth-order valence-electron chi connectivity index (χ4n) is 2.65. The molecule has 3 N–H and O–H groups in total. The van der Waals surface area contributed by atoms with Gasteiger partial charge in [0.05, 0.1) is 30.5 Å². The van der Waals surface area contributed by atoms with E-state index in [4.69, 9.17) is 26.8 Å². The molecular weight excluding hydrogens is 400 g/mol. The molecule has 0 radical (unpaired) electrons. The first kappa shape index (κ1) is 19.7. The molecule has 1 heterocycles. The standard InChI is InChI=1S/C20H17ClN2O4S/c1-26-14-9-12(20(22)25)13(10-15(14)27-2)23-18(24)8-7-17-19(21)11-5-3-4-6-16(11)28-17/h3-10H,1-2H3,(H2,22,25)(H,23,24)/b8-7+. The van der Waals surface area contributed by atoms with E-state index in [1.807, 2.05) is 24.3 Å². The number of fused-ring (bicyclic) bond motifs is 1. The van der Waals surface area contributed by atoms with Gasteiger partial charge in [0.25, 0.3) is 5.91 Å². The van der Waals surface area contributed by atoms with Gasteiger partial charge < -0.3 is 20.5 Å². The van der Waals surface area contributed by atoms with E-state index in [1.165, 1.54) is 43.8 Å². The van der Waals surface area contributed by atoms with Crippen molar-refractivity contribution in [2.24, 2.45) is 5.73 Å². The number of halogens is 1. The predicted octanol–water partition coefficient (Wildman–Crippen LogP) is 4.32. The highest BCUT2D eigenvalue weighted by Gasteiger charge is 2.16. The third-order valence-corrected chi connectivity index (χ3v) is 5.65. The van der Waals surface area contributed by atoms with Crippen LogP contribution in [0.25, 0.3) is 16.2 Å². The summed E-state index contributed by atoms with van der Waals surface area (Å²) in [6.45, 7) is 0. The summed E-state index contributed by atoms with van der Waals surface area (Å²) in [6.07, 6.45) is 2.98. The van der Waals surface area contributed by atoms with Crippen molar-refractivity contribution in [3.63, 3.8) is 0 Å². The first-order valence-electron chi connectivity index (χ1n) is 8.16. The number of rotatable bonds is 6. The Morgan fingerprint density at radius 3 is 2.46 bits per heavy atom. The summed E-state index contributed by atoms with van der Waals surface area (Å²) >= 11 is 7.86. The number of benzene rings is 2. The maximum Gasteiger partial charge on any atom is 0.250 e. The summed E-state index contributed by atoms with van der Waals surface area (Å²) < 4.78 is 11.4. The smallest absolute Gasteiger partial charge is 0.250 e. The van der Waals surface area contributed by atoms with Crippen LogP contribution in [0.3, 0.4) is 0 Å². The Morgan fingerprint density at radius 1 is 1.14 bits per heavy atom. The molecule has 144 valence electrons. The van der Waals surface area contributed by atoms with E-state index in [9.17, 15) is 9.59 Å². The molecule has 2 aromatic carbocycles. The number of carbonyl (C=O) groups is 2. The number of methoxy groups -OCH3 is 2. The zero-order valence-electron chi connectivity index (χ0n) is 15.1. The van der Waals surface area contributed by atoms with Crippen molar-refractivity contribution in [1.29, 1.82) is 0 Å². The Kier molecular flexibility index (Phi) is 5.87. The van der Waals surface area contributed by atoms with E-state index >= 15 is 0 Å². The molecular formula is C20H17ClN2O4S. The number of hydrogen-bond donors (Lipinski definition) is 2. The van der Waals surface area contributed by atoms with Gasteiger partial charge in [-0.3, -0.25) is 9.59 Å². The summed E-state index contributed by atoms with van der Waals surface area (Å²) in [6, 6.07) is 10.6. The minimum Gasteiger partial charge on any atom is -0.493 e. The molecule has 8 heteroatoms. The molecule has 0 aliphatic heterocycles. The zero-order chi connectivity index (χ0) is 20.3. The van der Waals surface area contributed by atoms with Gasteiger partial charge in [0.15, 0.2) is 11.5 Å². The average molecular weight is 417 g/mol. The summed E-state index contributed by atoms with van der Waals surface area (Å²) in [5.74, 6) is -0.447. The first-order chi connectivity index (χ1) is 13.4. The summed E-state index contributed by atoms with van der Waals surface area (Å²) in [7, 11) is 2.90. The summed E-state index contributed by atoms with van der Waals surface area (Å²) in [5.41, 5.74) is 5.75. The van der Waals surface area contributed by atoms with Crippen molar-refractivity contribution in [3.05, 3.63) is 57.9 Å². The SMILES string of the molecule is COc1cc(NC(=O)/C=C/c2sc3ccccc3c2Cl)c(C(N)=O)cc1OC. The van der Waals surface area contributed by atoms with Crippen LogP contribution in [0.15, 0.2) is 42.5 Å². The minimum absolute atomic E-state index is 0.110. The quantitative estimate of drug-likeness (QED) is 0.585. The molecule has 0 fully saturated rings. The van der Waals surface area contributed by atoms with Crippen LogP contribution in [-0.4, -0.2) is 26.0 Å². The largest absolute Gasteiger partial charge is 0.493 e. The van der Waals surface area contributed by atoms with E-state index in [-0.39, 0.29) is 11.3 Å². The molecule has 3 aromatic rings. The van der Waals surface area contributed by atoms with Gasteiger partial charge >= 0.3 is 0 Å². The first-order valence-corrected chi connectivity index (χ1v) is 9.36. The molecule has 0 atom stereocenters. The van der Waals surface area contributed by atoms with Crippen molar-refractivity contribution in [1.82, 2.24) is 0 Å². The Hall–Kier alpha value is -3.03. The Balaban J connectivity index is 1.87. The maximum atomic E-state index is 12.4. The summed E-state index contributed by atoms with van der Waals surface area (Å²) in [4.78, 5) is 24.9. The van der Waals surface area contributed by atoms with Crippen molar-refractivity contribution < 1.29 is 19.1 Å². The Bertz CT molecular complexity index is 1090. The molecule has 28 heavy (non-hydrogen) atoms. The van der Waals surface area contributed by atoms with E-state index in [0.717, 1.165) is 15.0 Å². The van der Waals surface area contributed by atoms with Crippen molar-refractivity contribution in [2.45, 2.75) is 0 Å². The van der Waals surface area contributed by atoms with Crippen molar-refractivity contribution in [3.8, 4) is 11.5 Å². The van der Waals surface area contributed by atoms with Gasteiger partial charge in [-0.15, -0.1) is 11.3 Å². The number of nitrogens with one attached hydrogen (secondary N) is 1. The van der Waals surface area contributed by atoms with Crippen LogP contribution in [0.2, 0.25) is 5.02 Å². The number of anilines is 1. The van der Waals surface area contributed by atoms with E-state index in [0.29, 0.717) is 16.5 Å². The number of hydrogen-bond acceptors (Lipinski definition) is 5. The van der Waals surface area contributed by atoms with Crippen LogP contribution < -0.4 is 20.5 Å². The lowest BCUT2D eigenvalue weighted by Crippen LogP contribution is -2.17. The highest BCUT2D eigenvalue weighted by Crippen LogP contribution is 2.36. The highest BCUT2D eigenvalue weighted by atomic mass is 35.5. The molecule has 0 saturated heterocycles. The Labute approximate surface area is 170 Å². The Morgan fingerprint density at radius 2 is 1.82 bits per heavy atom. The molecule has 6 nitrogen and oxygen atoms in total. The van der Waals surface area contributed by atoms with Crippen LogP contribution >= 0.6 is 22.9 Å². The summed E-state index contributed by atoms with van der Waals surface area (Å²) in [5, 5.41) is 4.17. The third-order valence-electron chi connectivity index (χ3n) is 3.99. The molecule has 0 aliphatic carbocycles. The van der Waals surface area contributed by atoms with Gasteiger partial charge in [-0.25, -0.2) is 0 Å². The molecule has 1 aromatic heterocycles. The number of ether oxygens (including phenoxy) is 2. The van der Waals surface area contributed by atoms with Crippen molar-refractivity contribution >= 4 is 56.6 Å². The van der Waals surface area contributed by atoms with Gasteiger partial charge in [-0.05, 0) is 18.2 Å². The fraction of sp³-hybridized carbons (Fsp3) is 0.100. The molecule has 0 aliphatic rings. The van der Waals surface area contributed by atoms with Crippen LogP contribution in [-0.2, 0) is 4.79 Å². The lowest BCUT2D eigenvalue weighted by Gasteiger charge is -2.13. The molecule has 3 rings (SSSR count). The van der Waals surface area contributed by atoms with E-state index < -0.39 is 11.8 Å². The van der Waals surface area contributed by atoms with E-state index in [1.54, 1.807) is 6.08 Å². The lowest BCUT2D eigenvalue weighted by atomic mass is 10.1. The number of primary amides is 1. The maximum absolute atomic E-state index is 12.4. The number of amides is 2. The van der Waals surface area contributed by atoms with Crippen LogP contribution in [0.4, 0.5) is 5.69 Å². The second-order valence-electron chi connectivity index (χ2n) is 5.72. The van der Waals surface area contributed by atoms with Crippen LogP contribution in [0.1, 0.15) is 15.2 Å². The topological polar surface area (TPSA) is 90.6 Å². The van der Waals surface area contributed by atoms with Gasteiger partial charge in [-0.2, -0.15) is 0 Å². The minimum atomic E-state index is -0.701. The van der Waals surface area contributed by atoms with Gasteiger partial charge in [0.2, 0.25) is 5.91 Å². The lowest BCUT2D eigenvalue weighted by molar-refractivity contribution is -0.111. The molecule has 0 spiro atoms. The monoisotopic (exact) mass is 416 g/mol. The second-order valence-corrected chi connectivity index (χ2v) is 7.18. The van der Waals surface area contributed by atoms with Crippen LogP contribution in [0.5, 0.6) is 11.5 Å². The fourth-order valence-corrected chi connectivity index (χ4v) is 4.05. The molecule has 0 saturated carbocycles. The normalized spacial score (nSPS) is 11.0. The number of thiophene rings is 1. The van der Waals surface area contributed by atoms with Gasteiger partial charge in [0.1, 0.15) is 0 Å².